The van der Waals surface area contributed by atoms with Crippen molar-refractivity contribution in [2.24, 2.45) is 0 Å². The van der Waals surface area contributed by atoms with Crippen molar-refractivity contribution in [2.75, 3.05) is 7.11 Å². The van der Waals surface area contributed by atoms with E-state index in [-0.39, 0.29) is 18.6 Å². The number of hydrogen-bond donors (Lipinski definition) is 0. The van der Waals surface area contributed by atoms with Crippen LogP contribution in [0.5, 0.6) is 11.5 Å². The fourth-order valence-electron chi connectivity index (χ4n) is 4.33. The van der Waals surface area contributed by atoms with Crippen molar-refractivity contribution in [2.45, 2.75) is 44.0 Å². The van der Waals surface area contributed by atoms with Crippen molar-refractivity contribution in [3.63, 3.8) is 0 Å². The Bertz CT molecular complexity index is 1090. The standard InChI is InChI=1S/C23H22N4O3/c1-28-20-4-2-3-5-21(20)29-14-22-25-23(18-12-17-10-11-19(18)30-17)27(26-22)16-8-6-15(13-24)7-9-16/h2-9,17-19H,10-12,14H2,1H3/t17-,18-,19+/m0/s1. The Labute approximate surface area is 174 Å². The number of rotatable bonds is 6. The first-order chi connectivity index (χ1) is 14.7. The first-order valence-electron chi connectivity index (χ1n) is 10.1. The van der Waals surface area contributed by atoms with Crippen LogP contribution in [-0.2, 0) is 11.3 Å². The molecule has 3 heterocycles. The van der Waals surface area contributed by atoms with E-state index in [9.17, 15) is 0 Å². The van der Waals surface area contributed by atoms with Gasteiger partial charge >= 0.3 is 0 Å². The van der Waals surface area contributed by atoms with Gasteiger partial charge in [-0.25, -0.2) is 9.67 Å². The van der Waals surface area contributed by atoms with Gasteiger partial charge in [0.2, 0.25) is 0 Å². The minimum absolute atomic E-state index is 0.194. The zero-order chi connectivity index (χ0) is 20.5. The predicted molar refractivity (Wildman–Crippen MR) is 109 cm³/mol. The molecule has 3 atom stereocenters. The Morgan fingerprint density at radius 1 is 1.13 bits per heavy atom. The van der Waals surface area contributed by atoms with E-state index >= 15 is 0 Å². The van der Waals surface area contributed by atoms with Crippen LogP contribution in [0.4, 0.5) is 0 Å². The molecule has 0 unspecified atom stereocenters. The number of nitrogens with zero attached hydrogens (tertiary/aromatic N) is 4. The summed E-state index contributed by atoms with van der Waals surface area (Å²) in [5, 5.41) is 13.8. The second-order valence-electron chi connectivity index (χ2n) is 7.61. The third-order valence-electron chi connectivity index (χ3n) is 5.78. The molecule has 0 radical (unpaired) electrons. The van der Waals surface area contributed by atoms with E-state index in [1.165, 1.54) is 0 Å². The highest BCUT2D eigenvalue weighted by Crippen LogP contribution is 2.44. The maximum atomic E-state index is 9.09. The lowest BCUT2D eigenvalue weighted by Gasteiger charge is -2.18. The molecule has 0 aliphatic carbocycles. The first kappa shape index (κ1) is 18.6. The largest absolute Gasteiger partial charge is 0.493 e. The number of aromatic nitrogens is 3. The zero-order valence-electron chi connectivity index (χ0n) is 16.7. The quantitative estimate of drug-likeness (QED) is 0.624. The molecule has 2 aromatic carbocycles. The normalized spacial score (nSPS) is 22.1. The van der Waals surface area contributed by atoms with Crippen LogP contribution in [-0.4, -0.2) is 34.1 Å². The molecule has 2 aliphatic heterocycles. The molecule has 1 aromatic heterocycles. The van der Waals surface area contributed by atoms with Gasteiger partial charge in [-0.15, -0.1) is 5.10 Å². The monoisotopic (exact) mass is 402 g/mol. The van der Waals surface area contributed by atoms with E-state index in [4.69, 9.17) is 29.6 Å². The SMILES string of the molecule is COc1ccccc1OCc1nc([C@H]2C[C@@H]3CC[C@H]2O3)n(-c2ccc(C#N)cc2)n1. The zero-order valence-corrected chi connectivity index (χ0v) is 16.7. The van der Waals surface area contributed by atoms with Gasteiger partial charge in [-0.1, -0.05) is 12.1 Å². The smallest absolute Gasteiger partial charge is 0.188 e. The summed E-state index contributed by atoms with van der Waals surface area (Å²) in [6.45, 7) is 0.234. The molecule has 5 rings (SSSR count). The highest BCUT2D eigenvalue weighted by Gasteiger charge is 2.44. The second kappa shape index (κ2) is 7.81. The molecule has 2 saturated heterocycles. The third kappa shape index (κ3) is 3.40. The Hall–Kier alpha value is -3.37. The van der Waals surface area contributed by atoms with E-state index in [1.54, 1.807) is 19.2 Å². The molecule has 0 saturated carbocycles. The molecule has 3 aromatic rings. The molecule has 30 heavy (non-hydrogen) atoms. The molecule has 2 aliphatic rings. The van der Waals surface area contributed by atoms with E-state index in [0.717, 1.165) is 30.8 Å². The van der Waals surface area contributed by atoms with Gasteiger partial charge in [0.15, 0.2) is 17.3 Å². The average molecular weight is 402 g/mol. The summed E-state index contributed by atoms with van der Waals surface area (Å²) in [5.74, 6) is 3.03. The van der Waals surface area contributed by atoms with Gasteiger partial charge in [0.05, 0.1) is 36.6 Å². The van der Waals surface area contributed by atoms with E-state index in [2.05, 4.69) is 6.07 Å². The molecular formula is C23H22N4O3. The molecule has 152 valence electrons. The molecule has 0 amide bonds. The van der Waals surface area contributed by atoms with Gasteiger partial charge in [0.1, 0.15) is 12.4 Å². The van der Waals surface area contributed by atoms with E-state index < -0.39 is 0 Å². The van der Waals surface area contributed by atoms with Crippen molar-refractivity contribution in [1.82, 2.24) is 14.8 Å². The lowest BCUT2D eigenvalue weighted by Crippen LogP contribution is -2.19. The van der Waals surface area contributed by atoms with Gasteiger partial charge in [0, 0.05) is 5.92 Å². The maximum Gasteiger partial charge on any atom is 0.188 e. The highest BCUT2D eigenvalue weighted by molar-refractivity contribution is 5.40. The Morgan fingerprint density at radius 3 is 2.60 bits per heavy atom. The topological polar surface area (TPSA) is 82.2 Å². The minimum Gasteiger partial charge on any atom is -0.493 e. The van der Waals surface area contributed by atoms with Crippen molar-refractivity contribution >= 4 is 0 Å². The summed E-state index contributed by atoms with van der Waals surface area (Å²) in [7, 11) is 1.62. The summed E-state index contributed by atoms with van der Waals surface area (Å²) in [4.78, 5) is 4.84. The summed E-state index contributed by atoms with van der Waals surface area (Å²) < 4.78 is 19.2. The van der Waals surface area contributed by atoms with Crippen LogP contribution < -0.4 is 9.47 Å². The number of nitriles is 1. The number of para-hydroxylation sites is 2. The summed E-state index contributed by atoms with van der Waals surface area (Å²) in [6.07, 6.45) is 3.66. The van der Waals surface area contributed by atoms with Crippen molar-refractivity contribution < 1.29 is 14.2 Å². The Balaban J connectivity index is 1.46. The maximum absolute atomic E-state index is 9.09. The van der Waals surface area contributed by atoms with Gasteiger partial charge in [-0.3, -0.25) is 0 Å². The number of methoxy groups -OCH3 is 1. The predicted octanol–water partition coefficient (Wildman–Crippen LogP) is 3.76. The molecule has 7 nitrogen and oxygen atoms in total. The van der Waals surface area contributed by atoms with E-state index in [1.807, 2.05) is 41.1 Å². The van der Waals surface area contributed by atoms with Crippen molar-refractivity contribution in [1.29, 1.82) is 5.26 Å². The molecule has 2 bridgehead atoms. The van der Waals surface area contributed by atoms with Crippen LogP contribution >= 0.6 is 0 Å². The summed E-state index contributed by atoms with van der Waals surface area (Å²) in [5.41, 5.74) is 1.49. The number of fused-ring (bicyclic) bond motifs is 2. The van der Waals surface area contributed by atoms with Crippen LogP contribution in [0.3, 0.4) is 0 Å². The number of hydrogen-bond acceptors (Lipinski definition) is 6. The lowest BCUT2D eigenvalue weighted by molar-refractivity contribution is 0.0997. The molecule has 0 spiro atoms. The second-order valence-corrected chi connectivity index (χ2v) is 7.61. The van der Waals surface area contributed by atoms with Gasteiger partial charge in [-0.2, -0.15) is 5.26 Å². The van der Waals surface area contributed by atoms with Crippen LogP contribution in [0.2, 0.25) is 0 Å². The van der Waals surface area contributed by atoms with Crippen LogP contribution in [0.25, 0.3) is 5.69 Å². The third-order valence-corrected chi connectivity index (χ3v) is 5.78. The van der Waals surface area contributed by atoms with Crippen molar-refractivity contribution in [3.05, 3.63) is 65.7 Å². The fraction of sp³-hybridized carbons (Fsp3) is 0.348. The van der Waals surface area contributed by atoms with Gasteiger partial charge in [0.25, 0.3) is 0 Å². The minimum atomic E-state index is 0.194. The molecule has 2 fully saturated rings. The lowest BCUT2D eigenvalue weighted by atomic mass is 9.88. The van der Waals surface area contributed by atoms with Crippen LogP contribution in [0.15, 0.2) is 48.5 Å². The van der Waals surface area contributed by atoms with Crippen LogP contribution in [0, 0.1) is 11.3 Å². The Kier molecular flexibility index (Phi) is 4.85. The highest BCUT2D eigenvalue weighted by atomic mass is 16.5. The first-order valence-corrected chi connectivity index (χ1v) is 10.1. The average Bonchev–Trinajstić information content (AvgIpc) is 3.53. The molecule has 7 heteroatoms. The summed E-state index contributed by atoms with van der Waals surface area (Å²) in [6, 6.07) is 17.1. The molecule has 0 N–H and O–H groups in total. The van der Waals surface area contributed by atoms with Crippen molar-refractivity contribution in [3.8, 4) is 23.3 Å². The van der Waals surface area contributed by atoms with Gasteiger partial charge < -0.3 is 14.2 Å². The summed E-state index contributed by atoms with van der Waals surface area (Å²) >= 11 is 0. The van der Waals surface area contributed by atoms with Gasteiger partial charge in [-0.05, 0) is 55.7 Å². The number of benzene rings is 2. The fourth-order valence-corrected chi connectivity index (χ4v) is 4.33. The Morgan fingerprint density at radius 2 is 1.93 bits per heavy atom. The van der Waals surface area contributed by atoms with E-state index in [0.29, 0.717) is 29.0 Å². The molecular weight excluding hydrogens is 380 g/mol. The van der Waals surface area contributed by atoms with Crippen LogP contribution in [0.1, 0.15) is 42.4 Å². The number of ether oxygens (including phenoxy) is 3.